The van der Waals surface area contributed by atoms with Crippen molar-refractivity contribution in [3.63, 3.8) is 0 Å². The molecule has 5 rings (SSSR count). The van der Waals surface area contributed by atoms with E-state index >= 15 is 0 Å². The number of nitro benzene ring substituents is 1. The van der Waals surface area contributed by atoms with Gasteiger partial charge in [-0.05, 0) is 86.4 Å². The lowest BCUT2D eigenvalue weighted by Crippen LogP contribution is -2.48. The molecule has 1 saturated carbocycles. The molecule has 7 heteroatoms. The van der Waals surface area contributed by atoms with E-state index in [9.17, 15) is 14.9 Å². The first-order valence-electron chi connectivity index (χ1n) is 11.7. The maximum atomic E-state index is 14.1. The van der Waals surface area contributed by atoms with Crippen LogP contribution in [0.1, 0.15) is 67.3 Å². The Hall–Kier alpha value is -3.35. The molecule has 0 spiro atoms. The predicted octanol–water partition coefficient (Wildman–Crippen LogP) is 5.74. The summed E-state index contributed by atoms with van der Waals surface area (Å²) in [7, 11) is 0. The van der Waals surface area contributed by atoms with Crippen LogP contribution in [0.15, 0.2) is 24.3 Å². The number of aryl methyl sites for hydroxylation is 4. The van der Waals surface area contributed by atoms with Crippen molar-refractivity contribution in [3.05, 3.63) is 68.0 Å². The monoisotopic (exact) mass is 458 g/mol. The second kappa shape index (κ2) is 6.84. The van der Waals surface area contributed by atoms with Crippen LogP contribution in [0.2, 0.25) is 0 Å². The van der Waals surface area contributed by atoms with E-state index in [1.165, 1.54) is 6.07 Å². The van der Waals surface area contributed by atoms with Gasteiger partial charge in [0.15, 0.2) is 0 Å². The summed E-state index contributed by atoms with van der Waals surface area (Å²) >= 11 is 0. The molecule has 2 unspecified atom stereocenters. The first kappa shape index (κ1) is 22.4. The Morgan fingerprint density at radius 1 is 0.882 bits per heavy atom. The average Bonchev–Trinajstić information content (AvgIpc) is 3.05. The van der Waals surface area contributed by atoms with Gasteiger partial charge in [-0.15, -0.1) is 0 Å². The molecule has 2 bridgehead atoms. The van der Waals surface area contributed by atoms with Crippen molar-refractivity contribution in [2.75, 3.05) is 5.32 Å². The van der Waals surface area contributed by atoms with E-state index in [0.29, 0.717) is 12.1 Å². The fourth-order valence-corrected chi connectivity index (χ4v) is 6.14. The lowest BCUT2D eigenvalue weighted by Gasteiger charge is -2.39. The predicted molar refractivity (Wildman–Crippen MR) is 132 cm³/mol. The van der Waals surface area contributed by atoms with Crippen LogP contribution in [0.5, 0.6) is 0 Å². The number of nitro groups is 1. The largest absolute Gasteiger partial charge is 0.320 e. The Morgan fingerprint density at radius 2 is 1.41 bits per heavy atom. The lowest BCUT2D eigenvalue weighted by atomic mass is 9.63. The van der Waals surface area contributed by atoms with Gasteiger partial charge in [0, 0.05) is 11.5 Å². The smallest absolute Gasteiger partial charge is 0.293 e. The van der Waals surface area contributed by atoms with Crippen LogP contribution in [0.25, 0.3) is 11.0 Å². The standard InChI is InChI=1S/C27H30N4O3/c1-14-10-18-19(11-15(14)2)29-23-22(28-18)26(7)8-9-27(23,25(26,5)6)24(32)30-20-12-16(3)17(4)13-21(20)31(33)34/h10-13H,8-9H2,1-7H3,(H,30,32). The van der Waals surface area contributed by atoms with Gasteiger partial charge in [0.1, 0.15) is 5.69 Å². The third-order valence-electron chi connectivity index (χ3n) is 9.10. The van der Waals surface area contributed by atoms with Crippen molar-refractivity contribution in [1.29, 1.82) is 0 Å². The van der Waals surface area contributed by atoms with Gasteiger partial charge in [0.25, 0.3) is 5.69 Å². The topological polar surface area (TPSA) is 98.0 Å². The van der Waals surface area contributed by atoms with Gasteiger partial charge in [-0.1, -0.05) is 20.8 Å². The maximum Gasteiger partial charge on any atom is 0.293 e. The summed E-state index contributed by atoms with van der Waals surface area (Å²) in [6, 6.07) is 7.30. The van der Waals surface area contributed by atoms with Crippen LogP contribution in [0.4, 0.5) is 11.4 Å². The van der Waals surface area contributed by atoms with Crippen molar-refractivity contribution in [3.8, 4) is 0 Å². The highest BCUT2D eigenvalue weighted by atomic mass is 16.6. The Kier molecular flexibility index (Phi) is 4.51. The number of aromatic nitrogens is 2. The van der Waals surface area contributed by atoms with E-state index in [1.54, 1.807) is 6.07 Å². The second-order valence-electron chi connectivity index (χ2n) is 10.9. The number of nitrogens with zero attached hydrogens (tertiary/aromatic N) is 3. The summed E-state index contributed by atoms with van der Waals surface area (Å²) in [6.07, 6.45) is 1.43. The zero-order chi connectivity index (χ0) is 24.8. The molecule has 2 aromatic carbocycles. The molecule has 2 atom stereocenters. The molecular weight excluding hydrogens is 428 g/mol. The minimum atomic E-state index is -0.927. The van der Waals surface area contributed by atoms with Crippen LogP contribution < -0.4 is 5.32 Å². The molecule has 1 aromatic heterocycles. The minimum absolute atomic E-state index is 0.0969. The molecule has 176 valence electrons. The van der Waals surface area contributed by atoms with Crippen LogP contribution in [0, 0.1) is 43.2 Å². The Morgan fingerprint density at radius 3 is 2.00 bits per heavy atom. The number of carbonyl (C=O) groups excluding carboxylic acids is 1. The molecule has 1 N–H and O–H groups in total. The van der Waals surface area contributed by atoms with Crippen LogP contribution in [-0.4, -0.2) is 20.8 Å². The summed E-state index contributed by atoms with van der Waals surface area (Å²) in [6.45, 7) is 14.2. The highest BCUT2D eigenvalue weighted by molar-refractivity contribution is 6.03. The molecule has 34 heavy (non-hydrogen) atoms. The van der Waals surface area contributed by atoms with E-state index in [-0.39, 0.29) is 22.7 Å². The summed E-state index contributed by atoms with van der Waals surface area (Å²) in [5, 5.41) is 14.7. The Labute approximate surface area is 199 Å². The normalized spacial score (nSPS) is 24.3. The van der Waals surface area contributed by atoms with Gasteiger partial charge in [-0.2, -0.15) is 0 Å². The number of anilines is 1. The minimum Gasteiger partial charge on any atom is -0.320 e. The number of amides is 1. The molecule has 1 amide bonds. The molecule has 0 aliphatic heterocycles. The summed E-state index contributed by atoms with van der Waals surface area (Å²) in [5.41, 5.74) is 5.60. The molecule has 0 saturated heterocycles. The fourth-order valence-electron chi connectivity index (χ4n) is 6.14. The van der Waals surface area contributed by atoms with Crippen molar-refractivity contribution in [2.45, 2.75) is 72.1 Å². The average molecular weight is 459 g/mol. The summed E-state index contributed by atoms with van der Waals surface area (Å²) < 4.78 is 0. The number of hydrogen-bond donors (Lipinski definition) is 1. The van der Waals surface area contributed by atoms with Crippen molar-refractivity contribution in [2.24, 2.45) is 5.41 Å². The van der Waals surface area contributed by atoms with Gasteiger partial charge < -0.3 is 5.32 Å². The zero-order valence-electron chi connectivity index (χ0n) is 20.8. The SMILES string of the molecule is Cc1cc(NC(=O)C23CCC(C)(c4nc5cc(C)c(C)cc5nc42)C3(C)C)c([N+](=O)[O-])cc1C. The van der Waals surface area contributed by atoms with Crippen molar-refractivity contribution in [1.82, 2.24) is 9.97 Å². The molecule has 2 aliphatic carbocycles. The van der Waals surface area contributed by atoms with Gasteiger partial charge in [0.2, 0.25) is 5.91 Å². The van der Waals surface area contributed by atoms with E-state index in [1.807, 2.05) is 26.8 Å². The van der Waals surface area contributed by atoms with E-state index in [4.69, 9.17) is 9.97 Å². The molecular formula is C27H30N4O3. The summed E-state index contributed by atoms with van der Waals surface area (Å²) in [4.78, 5) is 35.6. The van der Waals surface area contributed by atoms with E-state index < -0.39 is 15.8 Å². The first-order chi connectivity index (χ1) is 15.8. The Bertz CT molecular complexity index is 1430. The Balaban J connectivity index is 1.70. The molecule has 0 radical (unpaired) electrons. The molecule has 1 heterocycles. The van der Waals surface area contributed by atoms with Crippen LogP contribution in [0.3, 0.4) is 0 Å². The van der Waals surface area contributed by atoms with Crippen molar-refractivity contribution >= 4 is 28.3 Å². The van der Waals surface area contributed by atoms with Gasteiger partial charge in [-0.3, -0.25) is 14.9 Å². The maximum absolute atomic E-state index is 14.1. The molecule has 7 nitrogen and oxygen atoms in total. The number of carbonyl (C=O) groups is 1. The van der Waals surface area contributed by atoms with Gasteiger partial charge in [0.05, 0.1) is 32.8 Å². The molecule has 2 aliphatic rings. The van der Waals surface area contributed by atoms with Gasteiger partial charge in [-0.25, -0.2) is 9.97 Å². The third-order valence-corrected chi connectivity index (χ3v) is 9.10. The van der Waals surface area contributed by atoms with Crippen molar-refractivity contribution < 1.29 is 9.72 Å². The molecule has 1 fully saturated rings. The summed E-state index contributed by atoms with van der Waals surface area (Å²) in [5.74, 6) is -0.246. The molecule has 3 aromatic rings. The number of fused-ring (bicyclic) bond motifs is 6. The van der Waals surface area contributed by atoms with Gasteiger partial charge >= 0.3 is 0 Å². The zero-order valence-corrected chi connectivity index (χ0v) is 20.8. The fraction of sp³-hybridized carbons (Fsp3) is 0.444. The number of nitrogens with one attached hydrogen (secondary N) is 1. The first-order valence-corrected chi connectivity index (χ1v) is 11.7. The number of rotatable bonds is 3. The quantitative estimate of drug-likeness (QED) is 0.399. The van der Waals surface area contributed by atoms with E-state index in [0.717, 1.165) is 45.4 Å². The number of hydrogen-bond acceptors (Lipinski definition) is 5. The lowest BCUT2D eigenvalue weighted by molar-refractivity contribution is -0.384. The van der Waals surface area contributed by atoms with E-state index in [2.05, 4.69) is 39.1 Å². The van der Waals surface area contributed by atoms with Crippen LogP contribution >= 0.6 is 0 Å². The number of benzene rings is 2. The third kappa shape index (κ3) is 2.61. The second-order valence-corrected chi connectivity index (χ2v) is 10.9. The highest BCUT2D eigenvalue weighted by Crippen LogP contribution is 2.70. The highest BCUT2D eigenvalue weighted by Gasteiger charge is 2.73. The van der Waals surface area contributed by atoms with Crippen LogP contribution in [-0.2, 0) is 15.6 Å².